The number of anilines is 2. The Hall–Kier alpha value is -3.59. The van der Waals surface area contributed by atoms with E-state index in [1.165, 1.54) is 4.57 Å². The van der Waals surface area contributed by atoms with Gasteiger partial charge in [-0.15, -0.1) is 0 Å². The lowest BCUT2D eigenvalue weighted by Gasteiger charge is -2.26. The number of nitrogens with one attached hydrogen (secondary N) is 1. The normalized spacial score (nSPS) is 11.2. The van der Waals surface area contributed by atoms with Gasteiger partial charge in [-0.3, -0.25) is 9.36 Å². The second-order valence-corrected chi connectivity index (χ2v) is 9.28. The van der Waals surface area contributed by atoms with E-state index in [1.807, 2.05) is 6.92 Å². The first-order valence-electron chi connectivity index (χ1n) is 11.8. The maximum Gasteiger partial charge on any atom is 0.355 e. The first kappa shape index (κ1) is 27.0. The summed E-state index contributed by atoms with van der Waals surface area (Å²) >= 11 is 6.02. The van der Waals surface area contributed by atoms with Crippen molar-refractivity contribution in [2.45, 2.75) is 52.6 Å². The van der Waals surface area contributed by atoms with Crippen molar-refractivity contribution in [3.05, 3.63) is 80.1 Å². The molecule has 2 aromatic carbocycles. The van der Waals surface area contributed by atoms with Crippen LogP contribution >= 0.6 is 11.6 Å². The molecule has 10 heteroatoms. The van der Waals surface area contributed by atoms with Crippen LogP contribution in [0, 0.1) is 0 Å². The second-order valence-electron chi connectivity index (χ2n) is 8.84. The largest absolute Gasteiger partial charge is 0.494 e. The lowest BCUT2D eigenvalue weighted by Crippen LogP contribution is -2.51. The maximum absolute atomic E-state index is 13.7. The van der Waals surface area contributed by atoms with Crippen molar-refractivity contribution in [3.63, 3.8) is 0 Å². The van der Waals surface area contributed by atoms with Gasteiger partial charge in [-0.25, -0.2) is 14.2 Å². The monoisotopic (exact) mass is 514 g/mol. The lowest BCUT2D eigenvalue weighted by molar-refractivity contribution is -0.145. The van der Waals surface area contributed by atoms with Gasteiger partial charge in [0.25, 0.3) is 0 Å². The quantitative estimate of drug-likeness (QED) is 0.380. The molecule has 0 aliphatic carbocycles. The van der Waals surface area contributed by atoms with Crippen LogP contribution in [0.4, 0.5) is 11.6 Å². The molecule has 1 N–H and O–H groups in total. The van der Waals surface area contributed by atoms with Gasteiger partial charge in [-0.05, 0) is 69.2 Å². The summed E-state index contributed by atoms with van der Waals surface area (Å²) in [6, 6.07) is 14.2. The molecule has 0 fully saturated rings. The van der Waals surface area contributed by atoms with E-state index in [4.69, 9.17) is 21.1 Å². The highest BCUT2D eigenvalue weighted by molar-refractivity contribution is 6.30. The molecule has 0 amide bonds. The van der Waals surface area contributed by atoms with E-state index in [9.17, 15) is 14.4 Å². The molecule has 0 bridgehead atoms. The molecular formula is C26H31ClN4O5. The first-order chi connectivity index (χ1) is 17.1. The summed E-state index contributed by atoms with van der Waals surface area (Å²) in [4.78, 5) is 43.1. The standard InChI is InChI=1S/C26H31ClN4O5/c1-5-15-36-21-13-11-20(12-14-21)28-23-29-24(33)31(26(3,4)16-22(32)35-6-2)25(34)30(23)17-18-7-9-19(27)10-8-18/h7-14H,5-6,15-17H2,1-4H3,(H,28,29,33). The van der Waals surface area contributed by atoms with Crippen molar-refractivity contribution in [1.29, 1.82) is 0 Å². The number of esters is 1. The van der Waals surface area contributed by atoms with E-state index in [1.54, 1.807) is 69.3 Å². The SMILES string of the molecule is CCCOc1ccc(Nc2nc(=O)n(C(C)(C)CC(=O)OCC)c(=O)n2Cc2ccc(Cl)cc2)cc1. The molecule has 0 saturated heterocycles. The fraction of sp³-hybridized carbons (Fsp3) is 0.385. The second kappa shape index (κ2) is 11.9. The highest BCUT2D eigenvalue weighted by atomic mass is 35.5. The predicted octanol–water partition coefficient (Wildman–Crippen LogP) is 4.33. The molecule has 3 aromatic rings. The van der Waals surface area contributed by atoms with E-state index < -0.39 is 22.9 Å². The van der Waals surface area contributed by atoms with Gasteiger partial charge in [0, 0.05) is 10.7 Å². The van der Waals surface area contributed by atoms with Crippen LogP contribution in [0.3, 0.4) is 0 Å². The van der Waals surface area contributed by atoms with Crippen LogP contribution in [0.5, 0.6) is 5.75 Å². The van der Waals surface area contributed by atoms with Gasteiger partial charge in [0.15, 0.2) is 0 Å². The van der Waals surface area contributed by atoms with Crippen LogP contribution < -0.4 is 21.4 Å². The maximum atomic E-state index is 13.7. The van der Waals surface area contributed by atoms with Crippen molar-refractivity contribution in [2.24, 2.45) is 0 Å². The van der Waals surface area contributed by atoms with Gasteiger partial charge in [0.1, 0.15) is 5.75 Å². The van der Waals surface area contributed by atoms with E-state index in [-0.39, 0.29) is 25.5 Å². The number of hydrogen-bond donors (Lipinski definition) is 1. The Bertz CT molecular complexity index is 1300. The Balaban J connectivity index is 2.05. The molecule has 9 nitrogen and oxygen atoms in total. The Morgan fingerprint density at radius 2 is 1.72 bits per heavy atom. The lowest BCUT2D eigenvalue weighted by atomic mass is 10.0. The molecule has 0 saturated carbocycles. The van der Waals surface area contributed by atoms with E-state index in [0.717, 1.165) is 16.6 Å². The molecule has 3 rings (SSSR count). The number of halogens is 1. The van der Waals surface area contributed by atoms with Crippen LogP contribution in [-0.2, 0) is 21.6 Å². The third-order valence-electron chi connectivity index (χ3n) is 5.40. The van der Waals surface area contributed by atoms with Crippen molar-refractivity contribution >= 4 is 29.2 Å². The Morgan fingerprint density at radius 3 is 2.33 bits per heavy atom. The molecule has 0 aliphatic rings. The molecule has 1 aromatic heterocycles. The average molecular weight is 515 g/mol. The first-order valence-corrected chi connectivity index (χ1v) is 12.2. The molecule has 192 valence electrons. The number of rotatable bonds is 11. The van der Waals surface area contributed by atoms with Crippen molar-refractivity contribution in [2.75, 3.05) is 18.5 Å². The molecule has 1 heterocycles. The van der Waals surface area contributed by atoms with Gasteiger partial charge in [0.05, 0.1) is 31.7 Å². The number of nitrogens with zero attached hydrogens (tertiary/aromatic N) is 3. The van der Waals surface area contributed by atoms with Crippen molar-refractivity contribution in [1.82, 2.24) is 14.1 Å². The summed E-state index contributed by atoms with van der Waals surface area (Å²) in [7, 11) is 0. The predicted molar refractivity (Wildman–Crippen MR) is 139 cm³/mol. The van der Waals surface area contributed by atoms with Crippen LogP contribution in [0.25, 0.3) is 0 Å². The van der Waals surface area contributed by atoms with Gasteiger partial charge >= 0.3 is 17.3 Å². The van der Waals surface area contributed by atoms with Crippen molar-refractivity contribution < 1.29 is 14.3 Å². The van der Waals surface area contributed by atoms with E-state index in [0.29, 0.717) is 23.1 Å². The van der Waals surface area contributed by atoms with Gasteiger partial charge in [-0.1, -0.05) is 30.7 Å². The smallest absolute Gasteiger partial charge is 0.355 e. The summed E-state index contributed by atoms with van der Waals surface area (Å²) in [5, 5.41) is 3.64. The number of carbonyl (C=O) groups excluding carboxylic acids is 1. The third-order valence-corrected chi connectivity index (χ3v) is 5.65. The molecule has 0 unspecified atom stereocenters. The summed E-state index contributed by atoms with van der Waals surface area (Å²) < 4.78 is 13.0. The molecule has 0 atom stereocenters. The number of benzene rings is 2. The molecule has 0 aliphatic heterocycles. The van der Waals surface area contributed by atoms with Gasteiger partial charge < -0.3 is 14.8 Å². The van der Waals surface area contributed by atoms with E-state index >= 15 is 0 Å². The summed E-state index contributed by atoms with van der Waals surface area (Å²) in [6.45, 7) is 7.91. The minimum Gasteiger partial charge on any atom is -0.494 e. The fourth-order valence-corrected chi connectivity index (χ4v) is 3.78. The summed E-state index contributed by atoms with van der Waals surface area (Å²) in [5.74, 6) is 0.279. The zero-order chi connectivity index (χ0) is 26.3. The topological polar surface area (TPSA) is 104 Å². The Labute approximate surface area is 214 Å². The van der Waals surface area contributed by atoms with Crippen LogP contribution in [0.1, 0.15) is 46.1 Å². The molecular weight excluding hydrogens is 484 g/mol. The molecule has 0 radical (unpaired) electrons. The highest BCUT2D eigenvalue weighted by Crippen LogP contribution is 2.21. The van der Waals surface area contributed by atoms with Gasteiger partial charge in [-0.2, -0.15) is 4.98 Å². The average Bonchev–Trinajstić information content (AvgIpc) is 2.81. The minimum atomic E-state index is -1.16. The minimum absolute atomic E-state index is 0.0744. The fourth-order valence-electron chi connectivity index (χ4n) is 3.65. The zero-order valence-electron chi connectivity index (χ0n) is 20.9. The van der Waals surface area contributed by atoms with Crippen LogP contribution in [0.15, 0.2) is 58.1 Å². The third kappa shape index (κ3) is 6.75. The Morgan fingerprint density at radius 1 is 1.06 bits per heavy atom. The number of carbonyl (C=O) groups is 1. The Kier molecular flexibility index (Phi) is 8.93. The molecule has 0 spiro atoms. The molecule has 36 heavy (non-hydrogen) atoms. The number of ether oxygens (including phenoxy) is 2. The summed E-state index contributed by atoms with van der Waals surface area (Å²) in [6.07, 6.45) is 0.730. The van der Waals surface area contributed by atoms with Crippen LogP contribution in [-0.4, -0.2) is 33.3 Å². The van der Waals surface area contributed by atoms with Crippen molar-refractivity contribution in [3.8, 4) is 5.75 Å². The number of aromatic nitrogens is 3. The zero-order valence-corrected chi connectivity index (χ0v) is 21.7. The van der Waals surface area contributed by atoms with Crippen LogP contribution in [0.2, 0.25) is 5.02 Å². The summed E-state index contributed by atoms with van der Waals surface area (Å²) in [5.41, 5.74) is -1.13. The van der Waals surface area contributed by atoms with E-state index in [2.05, 4.69) is 10.3 Å². The number of hydrogen-bond acceptors (Lipinski definition) is 7. The van der Waals surface area contributed by atoms with Gasteiger partial charge in [0.2, 0.25) is 5.95 Å². The highest BCUT2D eigenvalue weighted by Gasteiger charge is 2.30.